The Kier molecular flexibility index (Phi) is 4.28. The van der Waals surface area contributed by atoms with Gasteiger partial charge in [0.1, 0.15) is 15.0 Å². The molecule has 0 aliphatic heterocycles. The fraction of sp³-hybridized carbons (Fsp3) is 0. The quantitative estimate of drug-likeness (QED) is 0.831. The molecule has 0 saturated carbocycles. The van der Waals surface area contributed by atoms with Crippen molar-refractivity contribution < 1.29 is 12.8 Å². The van der Waals surface area contributed by atoms with Crippen molar-refractivity contribution in [2.45, 2.75) is 4.21 Å². The highest BCUT2D eigenvalue weighted by Gasteiger charge is 2.19. The number of nitrogens with two attached hydrogens (primary N) is 1. The van der Waals surface area contributed by atoms with E-state index < -0.39 is 15.8 Å². The molecule has 2 rings (SSSR count). The van der Waals surface area contributed by atoms with Gasteiger partial charge < -0.3 is 5.73 Å². The molecule has 0 saturated heterocycles. The molecule has 0 aliphatic rings. The molecule has 106 valence electrons. The summed E-state index contributed by atoms with van der Waals surface area (Å²) in [5.74, 6) is -0.551. The second-order valence-electron chi connectivity index (χ2n) is 3.71. The first-order chi connectivity index (χ1) is 9.29. The van der Waals surface area contributed by atoms with Crippen molar-refractivity contribution >= 4 is 55.9 Å². The number of hydrogen-bond acceptors (Lipinski definition) is 4. The Morgan fingerprint density at radius 1 is 1.35 bits per heavy atom. The molecule has 0 atom stereocenters. The predicted molar refractivity (Wildman–Crippen MR) is 82.4 cm³/mol. The summed E-state index contributed by atoms with van der Waals surface area (Å²) in [4.78, 5) is 0.613. The van der Waals surface area contributed by atoms with E-state index in [1.165, 1.54) is 18.2 Å². The molecule has 1 aromatic carbocycles. The summed E-state index contributed by atoms with van der Waals surface area (Å²) in [7, 11) is -3.81. The zero-order chi connectivity index (χ0) is 14.9. The third-order valence-corrected chi connectivity index (χ3v) is 5.90. The van der Waals surface area contributed by atoms with Gasteiger partial charge in [0.25, 0.3) is 10.0 Å². The highest BCUT2D eigenvalue weighted by molar-refractivity contribution is 7.94. The number of benzene rings is 1. The molecule has 0 radical (unpaired) electrons. The summed E-state index contributed by atoms with van der Waals surface area (Å²) in [6.45, 7) is 0. The van der Waals surface area contributed by atoms with Gasteiger partial charge in [-0.05, 0) is 30.3 Å². The van der Waals surface area contributed by atoms with Crippen molar-refractivity contribution in [2.75, 3.05) is 4.72 Å². The van der Waals surface area contributed by atoms with Crippen LogP contribution in [0.4, 0.5) is 10.1 Å². The van der Waals surface area contributed by atoms with Crippen molar-refractivity contribution in [1.29, 1.82) is 0 Å². The summed E-state index contributed by atoms with van der Waals surface area (Å²) in [5, 5.41) is -0.0281. The molecule has 20 heavy (non-hydrogen) atoms. The van der Waals surface area contributed by atoms with Crippen LogP contribution in [0.1, 0.15) is 4.88 Å². The fourth-order valence-corrected chi connectivity index (χ4v) is 4.07. The lowest BCUT2D eigenvalue weighted by atomic mass is 10.3. The minimum absolute atomic E-state index is 0.0281. The predicted octanol–water partition coefficient (Wildman–Crippen LogP) is 2.98. The molecular weight excluding hydrogens is 343 g/mol. The molecule has 0 spiro atoms. The molecule has 1 aromatic heterocycles. The summed E-state index contributed by atoms with van der Waals surface area (Å²) >= 11 is 11.5. The van der Waals surface area contributed by atoms with Crippen LogP contribution in [0.15, 0.2) is 34.5 Å². The van der Waals surface area contributed by atoms with E-state index >= 15 is 0 Å². The highest BCUT2D eigenvalue weighted by atomic mass is 35.5. The zero-order valence-corrected chi connectivity index (χ0v) is 13.0. The van der Waals surface area contributed by atoms with Gasteiger partial charge in [-0.1, -0.05) is 23.8 Å². The van der Waals surface area contributed by atoms with Gasteiger partial charge in [0, 0.05) is 0 Å². The lowest BCUT2D eigenvalue weighted by Gasteiger charge is -2.07. The summed E-state index contributed by atoms with van der Waals surface area (Å²) in [6.07, 6.45) is 0. The van der Waals surface area contributed by atoms with E-state index in [0.29, 0.717) is 4.88 Å². The molecule has 0 amide bonds. The van der Waals surface area contributed by atoms with Crippen LogP contribution in [-0.2, 0) is 10.0 Å². The Balaban J connectivity index is 2.33. The van der Waals surface area contributed by atoms with Gasteiger partial charge in [-0.3, -0.25) is 4.72 Å². The largest absolute Gasteiger partial charge is 0.389 e. The summed E-state index contributed by atoms with van der Waals surface area (Å²) in [5.41, 5.74) is 5.52. The van der Waals surface area contributed by atoms with Crippen LogP contribution in [0.3, 0.4) is 0 Å². The Bertz CT molecular complexity index is 774. The topological polar surface area (TPSA) is 72.2 Å². The molecule has 0 aliphatic carbocycles. The van der Waals surface area contributed by atoms with E-state index in [4.69, 9.17) is 29.6 Å². The van der Waals surface area contributed by atoms with Crippen molar-refractivity contribution in [3.63, 3.8) is 0 Å². The molecule has 1 heterocycles. The van der Waals surface area contributed by atoms with E-state index in [0.717, 1.165) is 23.5 Å². The summed E-state index contributed by atoms with van der Waals surface area (Å²) in [6, 6.07) is 6.29. The monoisotopic (exact) mass is 350 g/mol. The van der Waals surface area contributed by atoms with Crippen molar-refractivity contribution in [3.8, 4) is 0 Å². The second kappa shape index (κ2) is 5.65. The molecule has 9 heteroatoms. The van der Waals surface area contributed by atoms with Gasteiger partial charge >= 0.3 is 0 Å². The van der Waals surface area contributed by atoms with Crippen LogP contribution in [0.5, 0.6) is 0 Å². The first-order valence-electron chi connectivity index (χ1n) is 5.17. The Morgan fingerprint density at radius 2 is 2.05 bits per heavy atom. The van der Waals surface area contributed by atoms with Crippen LogP contribution in [0.2, 0.25) is 5.02 Å². The van der Waals surface area contributed by atoms with Crippen LogP contribution >= 0.6 is 35.2 Å². The molecule has 3 N–H and O–H groups in total. The number of sulfonamides is 1. The number of nitrogens with one attached hydrogen (secondary N) is 1. The van der Waals surface area contributed by atoms with E-state index in [2.05, 4.69) is 4.72 Å². The molecule has 0 fully saturated rings. The van der Waals surface area contributed by atoms with Crippen molar-refractivity contribution in [1.82, 2.24) is 0 Å². The van der Waals surface area contributed by atoms with Gasteiger partial charge in [0.05, 0.1) is 15.6 Å². The maximum absolute atomic E-state index is 12.9. The third-order valence-electron chi connectivity index (χ3n) is 2.26. The van der Waals surface area contributed by atoms with E-state index in [1.807, 2.05) is 0 Å². The minimum atomic E-state index is -3.81. The summed E-state index contributed by atoms with van der Waals surface area (Å²) < 4.78 is 39.5. The van der Waals surface area contributed by atoms with E-state index in [-0.39, 0.29) is 19.9 Å². The van der Waals surface area contributed by atoms with Gasteiger partial charge in [-0.15, -0.1) is 11.3 Å². The Morgan fingerprint density at radius 3 is 2.60 bits per heavy atom. The second-order valence-corrected chi connectivity index (χ2v) is 7.55. The number of anilines is 1. The highest BCUT2D eigenvalue weighted by Crippen LogP contribution is 2.28. The van der Waals surface area contributed by atoms with Crippen LogP contribution in [0.25, 0.3) is 0 Å². The maximum atomic E-state index is 12.9. The average molecular weight is 351 g/mol. The van der Waals surface area contributed by atoms with E-state index in [1.54, 1.807) is 0 Å². The number of hydrogen-bond donors (Lipinski definition) is 2. The van der Waals surface area contributed by atoms with Crippen molar-refractivity contribution in [3.05, 3.63) is 46.0 Å². The SMILES string of the molecule is NC(=S)c1ccc(S(=O)(=O)Nc2ccc(F)cc2Cl)s1. The maximum Gasteiger partial charge on any atom is 0.271 e. The number of halogens is 2. The van der Waals surface area contributed by atoms with E-state index in [9.17, 15) is 12.8 Å². The number of rotatable bonds is 4. The van der Waals surface area contributed by atoms with Gasteiger partial charge in [-0.2, -0.15) is 0 Å². The van der Waals surface area contributed by atoms with Crippen molar-refractivity contribution in [2.24, 2.45) is 5.73 Å². The average Bonchev–Trinajstić information content (AvgIpc) is 2.83. The molecule has 0 unspecified atom stereocenters. The third kappa shape index (κ3) is 3.26. The van der Waals surface area contributed by atoms with Crippen LogP contribution < -0.4 is 10.5 Å². The molecule has 2 aromatic rings. The van der Waals surface area contributed by atoms with Crippen LogP contribution in [-0.4, -0.2) is 13.4 Å². The van der Waals surface area contributed by atoms with Gasteiger partial charge in [0.2, 0.25) is 0 Å². The van der Waals surface area contributed by atoms with Gasteiger partial charge in [-0.25, -0.2) is 12.8 Å². The Hall–Kier alpha value is -1.22. The first-order valence-corrected chi connectivity index (χ1v) is 8.26. The van der Waals surface area contributed by atoms with Gasteiger partial charge in [0.15, 0.2) is 0 Å². The lowest BCUT2D eigenvalue weighted by Crippen LogP contribution is -2.12. The first kappa shape index (κ1) is 15.2. The Labute approximate surface area is 129 Å². The number of thiocarbonyl (C=S) groups is 1. The van der Waals surface area contributed by atoms with Crippen LogP contribution in [0, 0.1) is 5.82 Å². The number of thiophene rings is 1. The smallest absolute Gasteiger partial charge is 0.271 e. The minimum Gasteiger partial charge on any atom is -0.389 e. The molecule has 0 bridgehead atoms. The molecular formula is C11H8ClFN2O2S3. The standard InChI is InChI=1S/C11H8ClFN2O2S3/c12-7-5-6(13)1-2-8(7)15-20(16,17)10-4-3-9(19-10)11(14)18/h1-5,15H,(H2,14,18). The normalized spacial score (nSPS) is 11.3. The fourth-order valence-electron chi connectivity index (χ4n) is 1.36. The lowest BCUT2D eigenvalue weighted by molar-refractivity contribution is 0.603. The molecule has 4 nitrogen and oxygen atoms in total. The zero-order valence-electron chi connectivity index (χ0n) is 9.76.